The summed E-state index contributed by atoms with van der Waals surface area (Å²) < 4.78 is 9.71. The molecule has 1 amide bonds. The highest BCUT2D eigenvalue weighted by Gasteiger charge is 2.15. The second-order valence-corrected chi connectivity index (χ2v) is 5.49. The molecule has 0 aliphatic heterocycles. The van der Waals surface area contributed by atoms with E-state index >= 15 is 0 Å². The van der Waals surface area contributed by atoms with E-state index in [0.29, 0.717) is 6.54 Å². The molecule has 0 bridgehead atoms. The minimum absolute atomic E-state index is 0.0967. The lowest BCUT2D eigenvalue weighted by atomic mass is 10.2. The molecular formula is C15H22N2O4. The second kappa shape index (κ2) is 7.52. The third kappa shape index (κ3) is 7.20. The molecule has 0 saturated carbocycles. The Morgan fingerprint density at radius 3 is 2.57 bits per heavy atom. The van der Waals surface area contributed by atoms with Gasteiger partial charge in [0.2, 0.25) is 0 Å². The molecular weight excluding hydrogens is 272 g/mol. The predicted molar refractivity (Wildman–Crippen MR) is 80.0 cm³/mol. The van der Waals surface area contributed by atoms with Gasteiger partial charge in [0.25, 0.3) is 0 Å². The molecule has 0 saturated heterocycles. The third-order valence-electron chi connectivity index (χ3n) is 2.43. The number of rotatable bonds is 5. The molecule has 0 radical (unpaired) electrons. The first-order valence-corrected chi connectivity index (χ1v) is 6.66. The van der Waals surface area contributed by atoms with Crippen LogP contribution in [0.5, 0.6) is 0 Å². The van der Waals surface area contributed by atoms with Crippen LogP contribution in [-0.4, -0.2) is 31.3 Å². The normalized spacial score (nSPS) is 10.7. The van der Waals surface area contributed by atoms with Gasteiger partial charge in [0.1, 0.15) is 12.1 Å². The number of hydrogen-bond acceptors (Lipinski definition) is 5. The summed E-state index contributed by atoms with van der Waals surface area (Å²) in [5, 5.41) is 5.62. The van der Waals surface area contributed by atoms with Crippen LogP contribution in [0.3, 0.4) is 0 Å². The van der Waals surface area contributed by atoms with E-state index in [1.165, 1.54) is 7.11 Å². The minimum Gasteiger partial charge on any atom is -0.468 e. The number of anilines is 1. The van der Waals surface area contributed by atoms with E-state index in [1.807, 2.05) is 45.0 Å². The summed E-state index contributed by atoms with van der Waals surface area (Å²) in [6.07, 6.45) is -0.463. The summed E-state index contributed by atoms with van der Waals surface area (Å²) in [6, 6.07) is 7.40. The lowest BCUT2D eigenvalue weighted by Gasteiger charge is -2.19. The molecule has 0 aliphatic rings. The van der Waals surface area contributed by atoms with Crippen LogP contribution in [0.25, 0.3) is 0 Å². The third-order valence-corrected chi connectivity index (χ3v) is 2.43. The molecule has 1 rings (SSSR count). The Labute approximate surface area is 124 Å². The van der Waals surface area contributed by atoms with Gasteiger partial charge < -0.3 is 20.1 Å². The maximum Gasteiger partial charge on any atom is 0.407 e. The van der Waals surface area contributed by atoms with E-state index in [0.717, 1.165) is 11.3 Å². The zero-order valence-electron chi connectivity index (χ0n) is 12.9. The van der Waals surface area contributed by atoms with Crippen molar-refractivity contribution >= 4 is 17.7 Å². The van der Waals surface area contributed by atoms with E-state index in [1.54, 1.807) is 0 Å². The Morgan fingerprint density at radius 1 is 1.24 bits per heavy atom. The van der Waals surface area contributed by atoms with Crippen LogP contribution in [0.1, 0.15) is 26.3 Å². The fourth-order valence-corrected chi connectivity index (χ4v) is 1.53. The summed E-state index contributed by atoms with van der Waals surface area (Å²) in [6.45, 7) is 5.87. The number of carbonyl (C=O) groups is 2. The van der Waals surface area contributed by atoms with Crippen molar-refractivity contribution in [2.45, 2.75) is 32.9 Å². The smallest absolute Gasteiger partial charge is 0.407 e. The summed E-state index contributed by atoms with van der Waals surface area (Å²) in [5.41, 5.74) is 1.16. The Balaban J connectivity index is 2.49. The van der Waals surface area contributed by atoms with Crippen molar-refractivity contribution in [1.82, 2.24) is 5.32 Å². The van der Waals surface area contributed by atoms with Gasteiger partial charge in [-0.15, -0.1) is 0 Å². The van der Waals surface area contributed by atoms with Gasteiger partial charge in [0, 0.05) is 12.2 Å². The quantitative estimate of drug-likeness (QED) is 0.815. The number of methoxy groups -OCH3 is 1. The van der Waals surface area contributed by atoms with Gasteiger partial charge in [-0.1, -0.05) is 12.1 Å². The number of hydrogen-bond donors (Lipinski definition) is 2. The zero-order valence-corrected chi connectivity index (χ0v) is 12.9. The van der Waals surface area contributed by atoms with Gasteiger partial charge in [-0.25, -0.2) is 4.79 Å². The van der Waals surface area contributed by atoms with Crippen LogP contribution in [0.2, 0.25) is 0 Å². The van der Waals surface area contributed by atoms with Crippen LogP contribution in [0, 0.1) is 0 Å². The molecule has 21 heavy (non-hydrogen) atoms. The van der Waals surface area contributed by atoms with E-state index < -0.39 is 11.7 Å². The molecule has 116 valence electrons. The van der Waals surface area contributed by atoms with Gasteiger partial charge in [0.05, 0.1) is 7.11 Å². The van der Waals surface area contributed by atoms with E-state index in [9.17, 15) is 9.59 Å². The topological polar surface area (TPSA) is 76.7 Å². The maximum atomic E-state index is 11.6. The molecule has 1 aromatic rings. The Bertz CT molecular complexity index is 495. The molecule has 6 heteroatoms. The van der Waals surface area contributed by atoms with E-state index in [4.69, 9.17) is 4.74 Å². The van der Waals surface area contributed by atoms with Crippen molar-refractivity contribution < 1.29 is 19.1 Å². The van der Waals surface area contributed by atoms with Gasteiger partial charge in [0.15, 0.2) is 0 Å². The Kier molecular flexibility index (Phi) is 6.02. The second-order valence-electron chi connectivity index (χ2n) is 5.49. The molecule has 1 aromatic carbocycles. The highest BCUT2D eigenvalue weighted by Crippen LogP contribution is 2.11. The van der Waals surface area contributed by atoms with Gasteiger partial charge in [-0.3, -0.25) is 4.79 Å². The average Bonchev–Trinajstić information content (AvgIpc) is 2.41. The number of amides is 1. The monoisotopic (exact) mass is 294 g/mol. The number of alkyl carbamates (subject to hydrolysis) is 1. The lowest BCUT2D eigenvalue weighted by Crippen LogP contribution is -2.32. The molecule has 0 atom stereocenters. The van der Waals surface area contributed by atoms with Crippen molar-refractivity contribution in [3.8, 4) is 0 Å². The van der Waals surface area contributed by atoms with Crippen molar-refractivity contribution in [1.29, 1.82) is 0 Å². The standard InChI is InChI=1S/C15H22N2O4/c1-15(2,3)21-14(19)17-9-11-6-5-7-12(8-11)16-10-13(18)20-4/h5-8,16H,9-10H2,1-4H3,(H,17,19). The molecule has 6 nitrogen and oxygen atoms in total. The number of nitrogens with one attached hydrogen (secondary N) is 2. The largest absolute Gasteiger partial charge is 0.468 e. The zero-order chi connectivity index (χ0) is 15.9. The summed E-state index contributed by atoms with van der Waals surface area (Å²) >= 11 is 0. The molecule has 0 spiro atoms. The predicted octanol–water partition coefficient (Wildman–Crippen LogP) is 2.30. The fourth-order valence-electron chi connectivity index (χ4n) is 1.53. The molecule has 0 aliphatic carbocycles. The first-order valence-electron chi connectivity index (χ1n) is 6.66. The van der Waals surface area contributed by atoms with Gasteiger partial charge >= 0.3 is 12.1 Å². The van der Waals surface area contributed by atoms with Crippen molar-refractivity contribution in [2.24, 2.45) is 0 Å². The van der Waals surface area contributed by atoms with Gasteiger partial charge in [-0.2, -0.15) is 0 Å². The Hall–Kier alpha value is -2.24. The molecule has 0 fully saturated rings. The van der Waals surface area contributed by atoms with Crippen molar-refractivity contribution in [2.75, 3.05) is 19.0 Å². The fraction of sp³-hybridized carbons (Fsp3) is 0.467. The van der Waals surface area contributed by atoms with E-state index in [2.05, 4.69) is 15.4 Å². The van der Waals surface area contributed by atoms with Crippen LogP contribution in [0.4, 0.5) is 10.5 Å². The minimum atomic E-state index is -0.520. The molecule has 0 unspecified atom stereocenters. The highest BCUT2D eigenvalue weighted by molar-refractivity contribution is 5.74. The van der Waals surface area contributed by atoms with Crippen molar-refractivity contribution in [3.63, 3.8) is 0 Å². The summed E-state index contributed by atoms with van der Waals surface area (Å²) in [4.78, 5) is 22.6. The maximum absolute atomic E-state index is 11.6. The first kappa shape index (κ1) is 16.8. The first-order chi connectivity index (χ1) is 9.80. The SMILES string of the molecule is COC(=O)CNc1cccc(CNC(=O)OC(C)(C)C)c1. The molecule has 0 aromatic heterocycles. The number of esters is 1. The van der Waals surface area contributed by atoms with Crippen LogP contribution in [-0.2, 0) is 20.8 Å². The Morgan fingerprint density at radius 2 is 1.95 bits per heavy atom. The summed E-state index contributed by atoms with van der Waals surface area (Å²) in [7, 11) is 1.34. The van der Waals surface area contributed by atoms with E-state index in [-0.39, 0.29) is 12.5 Å². The molecule has 2 N–H and O–H groups in total. The number of ether oxygens (including phenoxy) is 2. The average molecular weight is 294 g/mol. The number of benzene rings is 1. The molecule has 0 heterocycles. The van der Waals surface area contributed by atoms with Crippen molar-refractivity contribution in [3.05, 3.63) is 29.8 Å². The highest BCUT2D eigenvalue weighted by atomic mass is 16.6. The lowest BCUT2D eigenvalue weighted by molar-refractivity contribution is -0.138. The van der Waals surface area contributed by atoms with Gasteiger partial charge in [-0.05, 0) is 38.5 Å². The van der Waals surface area contributed by atoms with Crippen LogP contribution >= 0.6 is 0 Å². The number of carbonyl (C=O) groups excluding carboxylic acids is 2. The summed E-state index contributed by atoms with van der Waals surface area (Å²) in [5.74, 6) is -0.340. The van der Waals surface area contributed by atoms with Crippen LogP contribution < -0.4 is 10.6 Å². The van der Waals surface area contributed by atoms with Crippen LogP contribution in [0.15, 0.2) is 24.3 Å².